The van der Waals surface area contributed by atoms with Crippen molar-refractivity contribution in [2.24, 2.45) is 5.92 Å². The van der Waals surface area contributed by atoms with Gasteiger partial charge in [-0.2, -0.15) is 0 Å². The van der Waals surface area contributed by atoms with Crippen LogP contribution in [0.5, 0.6) is 11.6 Å². The van der Waals surface area contributed by atoms with Crippen LogP contribution in [0.3, 0.4) is 0 Å². The number of ether oxygens (including phenoxy) is 2. The number of pyridine rings is 1. The van der Waals surface area contributed by atoms with E-state index in [2.05, 4.69) is 10.3 Å². The summed E-state index contributed by atoms with van der Waals surface area (Å²) in [5, 5.41) is 2.79. The SMILES string of the molecule is COc1ccc(N2C[C@H](C(=O)Nc3cccnc3OC)CC2=O)cc1. The monoisotopic (exact) mass is 341 g/mol. The maximum absolute atomic E-state index is 12.5. The molecule has 1 aromatic heterocycles. The van der Waals surface area contributed by atoms with Gasteiger partial charge in [-0.1, -0.05) is 0 Å². The van der Waals surface area contributed by atoms with Gasteiger partial charge in [0.1, 0.15) is 11.4 Å². The molecule has 0 saturated carbocycles. The van der Waals surface area contributed by atoms with E-state index in [9.17, 15) is 9.59 Å². The van der Waals surface area contributed by atoms with Crippen molar-refractivity contribution < 1.29 is 19.1 Å². The Morgan fingerprint density at radius 3 is 2.64 bits per heavy atom. The van der Waals surface area contributed by atoms with Crippen molar-refractivity contribution in [1.82, 2.24) is 4.98 Å². The van der Waals surface area contributed by atoms with Crippen molar-refractivity contribution in [3.05, 3.63) is 42.6 Å². The van der Waals surface area contributed by atoms with E-state index in [1.807, 2.05) is 0 Å². The highest BCUT2D eigenvalue weighted by atomic mass is 16.5. The van der Waals surface area contributed by atoms with Crippen LogP contribution in [0.15, 0.2) is 42.6 Å². The number of nitrogens with one attached hydrogen (secondary N) is 1. The van der Waals surface area contributed by atoms with Crippen molar-refractivity contribution in [1.29, 1.82) is 0 Å². The summed E-state index contributed by atoms with van der Waals surface area (Å²) in [6.07, 6.45) is 1.75. The Labute approximate surface area is 145 Å². The summed E-state index contributed by atoms with van der Waals surface area (Å²) in [5.41, 5.74) is 1.24. The molecule has 7 heteroatoms. The zero-order valence-electron chi connectivity index (χ0n) is 14.1. The van der Waals surface area contributed by atoms with E-state index in [0.717, 1.165) is 5.69 Å². The molecule has 1 aromatic carbocycles. The van der Waals surface area contributed by atoms with Crippen molar-refractivity contribution >= 4 is 23.2 Å². The molecular weight excluding hydrogens is 322 g/mol. The molecule has 0 radical (unpaired) electrons. The molecule has 1 aliphatic rings. The first-order valence-electron chi connectivity index (χ1n) is 7.86. The van der Waals surface area contributed by atoms with Gasteiger partial charge in [0.2, 0.25) is 17.7 Å². The topological polar surface area (TPSA) is 80.8 Å². The third-order valence-corrected chi connectivity index (χ3v) is 4.10. The molecule has 0 unspecified atom stereocenters. The first-order valence-corrected chi connectivity index (χ1v) is 7.86. The fourth-order valence-corrected chi connectivity index (χ4v) is 2.78. The summed E-state index contributed by atoms with van der Waals surface area (Å²) < 4.78 is 10.2. The van der Waals surface area contributed by atoms with Crippen LogP contribution in [0.2, 0.25) is 0 Å². The lowest BCUT2D eigenvalue weighted by atomic mass is 10.1. The quantitative estimate of drug-likeness (QED) is 0.901. The van der Waals surface area contributed by atoms with Gasteiger partial charge in [0.05, 0.1) is 20.1 Å². The molecule has 1 saturated heterocycles. The fraction of sp³-hybridized carbons (Fsp3) is 0.278. The van der Waals surface area contributed by atoms with Crippen LogP contribution in [0.1, 0.15) is 6.42 Å². The number of carbonyl (C=O) groups excluding carboxylic acids is 2. The molecule has 130 valence electrons. The van der Waals surface area contributed by atoms with Crippen molar-refractivity contribution in [2.45, 2.75) is 6.42 Å². The molecule has 3 rings (SSSR count). The Kier molecular flexibility index (Phi) is 4.83. The van der Waals surface area contributed by atoms with E-state index >= 15 is 0 Å². The van der Waals surface area contributed by atoms with E-state index < -0.39 is 5.92 Å². The Balaban J connectivity index is 1.70. The molecule has 0 bridgehead atoms. The zero-order chi connectivity index (χ0) is 17.8. The minimum Gasteiger partial charge on any atom is -0.497 e. The molecule has 1 atom stereocenters. The minimum absolute atomic E-state index is 0.0801. The van der Waals surface area contributed by atoms with Gasteiger partial charge >= 0.3 is 0 Å². The molecule has 7 nitrogen and oxygen atoms in total. The summed E-state index contributed by atoms with van der Waals surface area (Å²) in [5.74, 6) is 0.319. The lowest BCUT2D eigenvalue weighted by Gasteiger charge is -2.17. The smallest absolute Gasteiger partial charge is 0.237 e. The number of carbonyl (C=O) groups is 2. The van der Waals surface area contributed by atoms with Crippen molar-refractivity contribution in [3.63, 3.8) is 0 Å². The van der Waals surface area contributed by atoms with Crippen LogP contribution in [0.25, 0.3) is 0 Å². The number of hydrogen-bond donors (Lipinski definition) is 1. The molecule has 1 N–H and O–H groups in total. The lowest BCUT2D eigenvalue weighted by molar-refractivity contribution is -0.122. The molecule has 1 fully saturated rings. The molecule has 1 aliphatic heterocycles. The van der Waals surface area contributed by atoms with E-state index in [4.69, 9.17) is 9.47 Å². The molecule has 25 heavy (non-hydrogen) atoms. The number of benzene rings is 1. The predicted octanol–water partition coefficient (Wildman–Crippen LogP) is 2.09. The Morgan fingerprint density at radius 1 is 1.20 bits per heavy atom. The Hall–Kier alpha value is -3.09. The third-order valence-electron chi connectivity index (χ3n) is 4.10. The molecule has 2 amide bonds. The average molecular weight is 341 g/mol. The molecule has 2 aromatic rings. The van der Waals surface area contributed by atoms with Gasteiger partial charge in [-0.05, 0) is 36.4 Å². The molecule has 0 spiro atoms. The van der Waals surface area contributed by atoms with Crippen LogP contribution in [-0.2, 0) is 9.59 Å². The average Bonchev–Trinajstić information content (AvgIpc) is 3.04. The van der Waals surface area contributed by atoms with Crippen LogP contribution in [-0.4, -0.2) is 37.6 Å². The van der Waals surface area contributed by atoms with E-state index in [0.29, 0.717) is 23.9 Å². The van der Waals surface area contributed by atoms with Gasteiger partial charge in [0.25, 0.3) is 0 Å². The Bertz CT molecular complexity index is 776. The van der Waals surface area contributed by atoms with Crippen molar-refractivity contribution in [3.8, 4) is 11.6 Å². The summed E-state index contributed by atoms with van der Waals surface area (Å²) in [6.45, 7) is 0.333. The molecular formula is C18H19N3O4. The van der Waals surface area contributed by atoms with E-state index in [1.54, 1.807) is 54.6 Å². The first-order chi connectivity index (χ1) is 12.1. The normalized spacial score (nSPS) is 16.6. The number of rotatable bonds is 5. The number of anilines is 2. The second-order valence-corrected chi connectivity index (χ2v) is 5.65. The number of aromatic nitrogens is 1. The highest BCUT2D eigenvalue weighted by Gasteiger charge is 2.35. The summed E-state index contributed by atoms with van der Waals surface area (Å²) in [6, 6.07) is 10.6. The van der Waals surface area contributed by atoms with Gasteiger partial charge in [0, 0.05) is 24.8 Å². The summed E-state index contributed by atoms with van der Waals surface area (Å²) in [4.78, 5) is 30.5. The van der Waals surface area contributed by atoms with E-state index in [-0.39, 0.29) is 18.2 Å². The number of amides is 2. The number of methoxy groups -OCH3 is 2. The Morgan fingerprint density at radius 2 is 1.96 bits per heavy atom. The maximum Gasteiger partial charge on any atom is 0.237 e. The highest BCUT2D eigenvalue weighted by molar-refractivity contribution is 6.03. The third kappa shape index (κ3) is 3.55. The van der Waals surface area contributed by atoms with Gasteiger partial charge in [-0.3, -0.25) is 9.59 Å². The predicted molar refractivity (Wildman–Crippen MR) is 92.9 cm³/mol. The maximum atomic E-state index is 12.5. The summed E-state index contributed by atoms with van der Waals surface area (Å²) >= 11 is 0. The summed E-state index contributed by atoms with van der Waals surface area (Å²) in [7, 11) is 3.07. The van der Waals surface area contributed by atoms with E-state index in [1.165, 1.54) is 7.11 Å². The highest BCUT2D eigenvalue weighted by Crippen LogP contribution is 2.28. The van der Waals surface area contributed by atoms with Gasteiger partial charge in [-0.15, -0.1) is 0 Å². The lowest BCUT2D eigenvalue weighted by Crippen LogP contribution is -2.28. The van der Waals surface area contributed by atoms with Gasteiger partial charge in [0.15, 0.2) is 0 Å². The van der Waals surface area contributed by atoms with Crippen LogP contribution in [0, 0.1) is 5.92 Å². The molecule has 2 heterocycles. The van der Waals surface area contributed by atoms with Crippen LogP contribution in [0.4, 0.5) is 11.4 Å². The second kappa shape index (κ2) is 7.21. The second-order valence-electron chi connectivity index (χ2n) is 5.65. The van der Waals surface area contributed by atoms with Crippen LogP contribution >= 0.6 is 0 Å². The van der Waals surface area contributed by atoms with Gasteiger partial charge in [-0.25, -0.2) is 4.98 Å². The standard InChI is InChI=1S/C18H19N3O4/c1-24-14-7-5-13(6-8-14)21-11-12(10-16(21)22)17(23)20-15-4-3-9-19-18(15)25-2/h3-9,12H,10-11H2,1-2H3,(H,20,23)/t12-/m1/s1. The van der Waals surface area contributed by atoms with Crippen LogP contribution < -0.4 is 19.7 Å². The zero-order valence-corrected chi connectivity index (χ0v) is 14.1. The fourth-order valence-electron chi connectivity index (χ4n) is 2.78. The largest absolute Gasteiger partial charge is 0.497 e. The first kappa shape index (κ1) is 16.8. The minimum atomic E-state index is -0.431. The van der Waals surface area contributed by atoms with Gasteiger partial charge < -0.3 is 19.7 Å². The number of nitrogens with zero attached hydrogens (tertiary/aromatic N) is 2. The molecule has 0 aliphatic carbocycles. The van der Waals surface area contributed by atoms with Crippen molar-refractivity contribution in [2.75, 3.05) is 31.0 Å². The number of hydrogen-bond acceptors (Lipinski definition) is 5.